The van der Waals surface area contributed by atoms with E-state index < -0.39 is 0 Å². The van der Waals surface area contributed by atoms with Gasteiger partial charge in [-0.3, -0.25) is 4.79 Å². The Morgan fingerprint density at radius 1 is 1.30 bits per heavy atom. The van der Waals surface area contributed by atoms with Crippen LogP contribution in [0, 0.1) is 0 Å². The summed E-state index contributed by atoms with van der Waals surface area (Å²) < 4.78 is 5.19. The van der Waals surface area contributed by atoms with E-state index in [2.05, 4.69) is 5.32 Å². The first-order chi connectivity index (χ1) is 11.1. The molecule has 3 rings (SSSR count). The van der Waals surface area contributed by atoms with Gasteiger partial charge in [0, 0.05) is 15.1 Å². The summed E-state index contributed by atoms with van der Waals surface area (Å²) in [7, 11) is 0. The van der Waals surface area contributed by atoms with E-state index in [-0.39, 0.29) is 24.5 Å². The number of carbonyl (C=O) groups is 2. The van der Waals surface area contributed by atoms with Crippen LogP contribution in [-0.4, -0.2) is 18.5 Å². The van der Waals surface area contributed by atoms with Crippen LogP contribution in [0.5, 0.6) is 0 Å². The smallest absolute Gasteiger partial charge is 0.339 e. The van der Waals surface area contributed by atoms with E-state index >= 15 is 0 Å². The summed E-state index contributed by atoms with van der Waals surface area (Å²) in [4.78, 5) is 26.5. The maximum atomic E-state index is 12.2. The van der Waals surface area contributed by atoms with Crippen LogP contribution in [0.1, 0.15) is 51.5 Å². The highest BCUT2D eigenvalue weighted by Gasteiger charge is 2.22. The fourth-order valence-corrected chi connectivity index (χ4v) is 4.62. The van der Waals surface area contributed by atoms with Crippen LogP contribution in [0.4, 0.5) is 0 Å². The molecule has 1 aliphatic carbocycles. The Morgan fingerprint density at radius 2 is 2.13 bits per heavy atom. The third-order valence-corrected chi connectivity index (χ3v) is 6.11. The molecule has 2 heterocycles. The van der Waals surface area contributed by atoms with Gasteiger partial charge in [0.2, 0.25) is 0 Å². The number of hydrogen-bond acceptors (Lipinski definition) is 5. The Labute approximate surface area is 143 Å². The Hall–Kier alpha value is -1.66. The van der Waals surface area contributed by atoms with Gasteiger partial charge < -0.3 is 10.1 Å². The first kappa shape index (κ1) is 16.2. The molecular weight excluding hydrogens is 330 g/mol. The minimum atomic E-state index is -0.386. The quantitative estimate of drug-likeness (QED) is 0.837. The molecule has 1 amide bonds. The molecule has 0 fully saturated rings. The van der Waals surface area contributed by atoms with Crippen LogP contribution in [-0.2, 0) is 22.4 Å². The van der Waals surface area contributed by atoms with E-state index in [1.807, 2.05) is 29.8 Å². The van der Waals surface area contributed by atoms with Gasteiger partial charge in [0.25, 0.3) is 5.91 Å². The fraction of sp³-hybridized carbons (Fsp3) is 0.412. The maximum Gasteiger partial charge on any atom is 0.339 e. The molecule has 0 saturated heterocycles. The molecule has 2 aromatic heterocycles. The van der Waals surface area contributed by atoms with Crippen molar-refractivity contribution >= 4 is 34.6 Å². The molecule has 2 aromatic rings. The van der Waals surface area contributed by atoms with Crippen molar-refractivity contribution in [2.45, 2.75) is 38.6 Å². The second kappa shape index (κ2) is 7.27. The summed E-state index contributed by atoms with van der Waals surface area (Å²) in [5.41, 5.74) is 1.77. The number of hydrogen-bond donors (Lipinski definition) is 1. The molecular formula is C17H19NO3S2. The summed E-state index contributed by atoms with van der Waals surface area (Å²) in [6.07, 6.45) is 4.28. The standard InChI is InChI=1S/C17H19NO3S2/c1-11(14-7-4-8-22-14)18-16(19)9-21-17(20)13-10-23-15-6-3-2-5-12(13)15/h4,7-8,10-11H,2-3,5-6,9H2,1H3,(H,18,19)/t11-/m1/s1. The third kappa shape index (κ3) is 3.82. The van der Waals surface area contributed by atoms with Gasteiger partial charge in [-0.1, -0.05) is 6.07 Å². The van der Waals surface area contributed by atoms with Gasteiger partial charge in [-0.2, -0.15) is 0 Å². The van der Waals surface area contributed by atoms with Crippen LogP contribution < -0.4 is 5.32 Å². The number of amides is 1. The molecule has 1 atom stereocenters. The Kier molecular flexibility index (Phi) is 5.13. The second-order valence-corrected chi connectivity index (χ2v) is 7.58. The van der Waals surface area contributed by atoms with E-state index in [1.165, 1.54) is 11.3 Å². The molecule has 6 heteroatoms. The second-order valence-electron chi connectivity index (χ2n) is 5.64. The lowest BCUT2D eigenvalue weighted by atomic mass is 9.96. The number of aryl methyl sites for hydroxylation is 1. The highest BCUT2D eigenvalue weighted by atomic mass is 32.1. The van der Waals surface area contributed by atoms with Gasteiger partial charge in [0.15, 0.2) is 6.61 Å². The Morgan fingerprint density at radius 3 is 2.91 bits per heavy atom. The van der Waals surface area contributed by atoms with Gasteiger partial charge in [-0.05, 0) is 49.6 Å². The van der Waals surface area contributed by atoms with Gasteiger partial charge >= 0.3 is 5.97 Å². The summed E-state index contributed by atoms with van der Waals surface area (Å²) >= 11 is 3.21. The average Bonchev–Trinajstić information content (AvgIpc) is 3.22. The van der Waals surface area contributed by atoms with Crippen molar-refractivity contribution < 1.29 is 14.3 Å². The van der Waals surface area contributed by atoms with Crippen LogP contribution in [0.25, 0.3) is 0 Å². The molecule has 1 N–H and O–H groups in total. The van der Waals surface area contributed by atoms with E-state index in [0.29, 0.717) is 5.56 Å². The molecule has 23 heavy (non-hydrogen) atoms. The van der Waals surface area contributed by atoms with E-state index in [9.17, 15) is 9.59 Å². The fourth-order valence-electron chi connectivity index (χ4n) is 2.77. The van der Waals surface area contributed by atoms with Crippen molar-refractivity contribution in [2.75, 3.05) is 6.61 Å². The van der Waals surface area contributed by atoms with Crippen molar-refractivity contribution in [2.24, 2.45) is 0 Å². The normalized spacial score (nSPS) is 14.8. The average molecular weight is 349 g/mol. The molecule has 0 radical (unpaired) electrons. The van der Waals surface area contributed by atoms with Crippen LogP contribution in [0.15, 0.2) is 22.9 Å². The van der Waals surface area contributed by atoms with Crippen LogP contribution >= 0.6 is 22.7 Å². The summed E-state index contributed by atoms with van der Waals surface area (Å²) in [5.74, 6) is -0.660. The van der Waals surface area contributed by atoms with E-state index in [0.717, 1.165) is 29.7 Å². The summed E-state index contributed by atoms with van der Waals surface area (Å²) in [5, 5.41) is 6.68. The number of ether oxygens (including phenoxy) is 1. The van der Waals surface area contributed by atoms with Gasteiger partial charge in [-0.15, -0.1) is 22.7 Å². The number of carbonyl (C=O) groups excluding carboxylic acids is 2. The molecule has 0 saturated carbocycles. The number of nitrogens with one attached hydrogen (secondary N) is 1. The minimum Gasteiger partial charge on any atom is -0.452 e. The molecule has 0 spiro atoms. The van der Waals surface area contributed by atoms with Crippen molar-refractivity contribution in [1.29, 1.82) is 0 Å². The van der Waals surface area contributed by atoms with E-state index in [1.54, 1.807) is 22.7 Å². The molecule has 1 aliphatic rings. The van der Waals surface area contributed by atoms with Crippen molar-refractivity contribution in [3.05, 3.63) is 43.8 Å². The molecule has 0 aromatic carbocycles. The SMILES string of the molecule is C[C@@H](NC(=O)COC(=O)c1csc2c1CCCC2)c1cccs1. The minimum absolute atomic E-state index is 0.0740. The first-order valence-corrected chi connectivity index (χ1v) is 9.50. The molecule has 4 nitrogen and oxygen atoms in total. The van der Waals surface area contributed by atoms with Gasteiger partial charge in [0.05, 0.1) is 11.6 Å². The van der Waals surface area contributed by atoms with Crippen LogP contribution in [0.2, 0.25) is 0 Å². The van der Waals surface area contributed by atoms with Crippen molar-refractivity contribution in [1.82, 2.24) is 5.32 Å². The monoisotopic (exact) mass is 349 g/mol. The largest absolute Gasteiger partial charge is 0.452 e. The first-order valence-electron chi connectivity index (χ1n) is 7.74. The Balaban J connectivity index is 1.53. The van der Waals surface area contributed by atoms with Crippen molar-refractivity contribution in [3.63, 3.8) is 0 Å². The Bertz CT molecular complexity index is 691. The molecule has 0 bridgehead atoms. The summed E-state index contributed by atoms with van der Waals surface area (Å²) in [6.45, 7) is 1.68. The molecule has 0 unspecified atom stereocenters. The van der Waals surface area contributed by atoms with Crippen LogP contribution in [0.3, 0.4) is 0 Å². The van der Waals surface area contributed by atoms with Gasteiger partial charge in [-0.25, -0.2) is 4.79 Å². The summed E-state index contributed by atoms with van der Waals surface area (Å²) in [6, 6.07) is 3.84. The zero-order valence-electron chi connectivity index (χ0n) is 13.0. The molecule has 122 valence electrons. The van der Waals surface area contributed by atoms with Gasteiger partial charge in [0.1, 0.15) is 0 Å². The number of fused-ring (bicyclic) bond motifs is 1. The van der Waals surface area contributed by atoms with Crippen molar-refractivity contribution in [3.8, 4) is 0 Å². The highest BCUT2D eigenvalue weighted by Crippen LogP contribution is 2.30. The number of rotatable bonds is 5. The lowest BCUT2D eigenvalue weighted by Crippen LogP contribution is -2.30. The number of esters is 1. The maximum absolute atomic E-state index is 12.2. The zero-order valence-corrected chi connectivity index (χ0v) is 14.6. The lowest BCUT2D eigenvalue weighted by molar-refractivity contribution is -0.124. The predicted octanol–water partition coefficient (Wildman–Crippen LogP) is 3.72. The third-order valence-electron chi connectivity index (χ3n) is 3.96. The highest BCUT2D eigenvalue weighted by molar-refractivity contribution is 7.10. The van der Waals surface area contributed by atoms with E-state index in [4.69, 9.17) is 4.74 Å². The topological polar surface area (TPSA) is 55.4 Å². The zero-order chi connectivity index (χ0) is 16.2. The predicted molar refractivity (Wildman–Crippen MR) is 92.1 cm³/mol. The molecule has 0 aliphatic heterocycles. The number of thiophene rings is 2. The lowest BCUT2D eigenvalue weighted by Gasteiger charge is -2.14.